The first kappa shape index (κ1) is 12.5. The summed E-state index contributed by atoms with van der Waals surface area (Å²) in [4.78, 5) is 4.45. The summed E-state index contributed by atoms with van der Waals surface area (Å²) in [6.07, 6.45) is 8.76. The van der Waals surface area contributed by atoms with Crippen molar-refractivity contribution in [2.75, 3.05) is 11.9 Å². The van der Waals surface area contributed by atoms with Crippen LogP contribution in [0.1, 0.15) is 39.0 Å². The average Bonchev–Trinajstić information content (AvgIpc) is 2.81. The molecule has 1 aliphatic rings. The molecule has 0 saturated heterocycles. The SMILES string of the molecule is CC1CCCC(CCNc2nc3ccccn3n2)C1. The van der Waals surface area contributed by atoms with Gasteiger partial charge in [-0.2, -0.15) is 4.98 Å². The van der Waals surface area contributed by atoms with E-state index in [9.17, 15) is 0 Å². The Morgan fingerprint density at radius 3 is 3.16 bits per heavy atom. The van der Waals surface area contributed by atoms with E-state index >= 15 is 0 Å². The number of rotatable bonds is 4. The van der Waals surface area contributed by atoms with E-state index in [0.29, 0.717) is 0 Å². The van der Waals surface area contributed by atoms with Crippen molar-refractivity contribution in [3.63, 3.8) is 0 Å². The molecule has 2 aromatic rings. The Hall–Kier alpha value is -1.58. The Bertz CT molecular complexity index is 501. The molecule has 1 N–H and O–H groups in total. The molecule has 4 nitrogen and oxygen atoms in total. The number of hydrogen-bond donors (Lipinski definition) is 1. The number of nitrogens with zero attached hydrogens (tertiary/aromatic N) is 3. The Labute approximate surface area is 114 Å². The first-order valence-electron chi connectivity index (χ1n) is 7.36. The summed E-state index contributed by atoms with van der Waals surface area (Å²) in [6, 6.07) is 5.92. The first-order chi connectivity index (χ1) is 9.31. The molecule has 1 aliphatic carbocycles. The summed E-state index contributed by atoms with van der Waals surface area (Å²) in [6.45, 7) is 3.36. The molecule has 0 amide bonds. The van der Waals surface area contributed by atoms with E-state index in [2.05, 4.69) is 22.3 Å². The van der Waals surface area contributed by atoms with Gasteiger partial charge in [-0.25, -0.2) is 4.52 Å². The van der Waals surface area contributed by atoms with E-state index in [1.807, 2.05) is 28.9 Å². The van der Waals surface area contributed by atoms with Gasteiger partial charge in [0.05, 0.1) is 0 Å². The van der Waals surface area contributed by atoms with Crippen molar-refractivity contribution >= 4 is 11.6 Å². The van der Waals surface area contributed by atoms with Crippen LogP contribution in [0.25, 0.3) is 5.65 Å². The maximum absolute atomic E-state index is 4.45. The van der Waals surface area contributed by atoms with Gasteiger partial charge in [-0.15, -0.1) is 5.10 Å². The third-order valence-corrected chi connectivity index (χ3v) is 4.12. The van der Waals surface area contributed by atoms with Gasteiger partial charge in [0.1, 0.15) is 0 Å². The number of nitrogens with one attached hydrogen (secondary N) is 1. The minimum atomic E-state index is 0.745. The van der Waals surface area contributed by atoms with Crippen molar-refractivity contribution in [2.24, 2.45) is 11.8 Å². The van der Waals surface area contributed by atoms with Crippen LogP contribution in [0.15, 0.2) is 24.4 Å². The van der Waals surface area contributed by atoms with Gasteiger partial charge in [-0.3, -0.25) is 0 Å². The monoisotopic (exact) mass is 258 g/mol. The van der Waals surface area contributed by atoms with E-state index < -0.39 is 0 Å². The predicted molar refractivity (Wildman–Crippen MR) is 77.2 cm³/mol. The van der Waals surface area contributed by atoms with Gasteiger partial charge in [0, 0.05) is 12.7 Å². The van der Waals surface area contributed by atoms with Crippen molar-refractivity contribution in [3.8, 4) is 0 Å². The molecule has 2 unspecified atom stereocenters. The van der Waals surface area contributed by atoms with Crippen molar-refractivity contribution in [3.05, 3.63) is 24.4 Å². The van der Waals surface area contributed by atoms with E-state index in [-0.39, 0.29) is 0 Å². The Balaban J connectivity index is 1.51. The fraction of sp³-hybridized carbons (Fsp3) is 0.600. The summed E-state index contributed by atoms with van der Waals surface area (Å²) in [7, 11) is 0. The van der Waals surface area contributed by atoms with Gasteiger partial charge in [0.2, 0.25) is 5.95 Å². The summed E-state index contributed by atoms with van der Waals surface area (Å²) in [5.74, 6) is 2.54. The molecule has 2 heterocycles. The highest BCUT2D eigenvalue weighted by Gasteiger charge is 2.18. The molecule has 3 rings (SSSR count). The molecule has 0 bridgehead atoms. The van der Waals surface area contributed by atoms with Crippen LogP contribution in [0.4, 0.5) is 5.95 Å². The lowest BCUT2D eigenvalue weighted by atomic mass is 9.81. The number of hydrogen-bond acceptors (Lipinski definition) is 3. The van der Waals surface area contributed by atoms with Gasteiger partial charge >= 0.3 is 0 Å². The van der Waals surface area contributed by atoms with Crippen molar-refractivity contribution in [1.29, 1.82) is 0 Å². The lowest BCUT2D eigenvalue weighted by Gasteiger charge is -2.26. The van der Waals surface area contributed by atoms with Crippen LogP contribution in [0.5, 0.6) is 0 Å². The molecule has 2 aromatic heterocycles. The van der Waals surface area contributed by atoms with Gasteiger partial charge in [-0.05, 0) is 36.8 Å². The minimum absolute atomic E-state index is 0.745. The van der Waals surface area contributed by atoms with Crippen LogP contribution in [-0.4, -0.2) is 21.1 Å². The third-order valence-electron chi connectivity index (χ3n) is 4.12. The van der Waals surface area contributed by atoms with Crippen molar-refractivity contribution < 1.29 is 0 Å². The van der Waals surface area contributed by atoms with Crippen LogP contribution < -0.4 is 5.32 Å². The van der Waals surface area contributed by atoms with Crippen molar-refractivity contribution in [2.45, 2.75) is 39.0 Å². The van der Waals surface area contributed by atoms with E-state index in [0.717, 1.165) is 30.0 Å². The Kier molecular flexibility index (Phi) is 3.67. The van der Waals surface area contributed by atoms with E-state index in [1.54, 1.807) is 0 Å². The summed E-state index contributed by atoms with van der Waals surface area (Å²) < 4.78 is 1.81. The molecular weight excluding hydrogens is 236 g/mol. The lowest BCUT2D eigenvalue weighted by Crippen LogP contribution is -2.16. The number of aromatic nitrogens is 3. The molecule has 102 valence electrons. The molecule has 0 spiro atoms. The molecule has 1 saturated carbocycles. The molecule has 0 aliphatic heterocycles. The maximum Gasteiger partial charge on any atom is 0.243 e. The molecular formula is C15H22N4. The summed E-state index contributed by atoms with van der Waals surface area (Å²) in [5.41, 5.74) is 0.899. The maximum atomic E-state index is 4.45. The number of anilines is 1. The molecule has 4 heteroatoms. The fourth-order valence-electron chi connectivity index (χ4n) is 3.12. The smallest absolute Gasteiger partial charge is 0.243 e. The second-order valence-corrected chi connectivity index (χ2v) is 5.79. The van der Waals surface area contributed by atoms with Gasteiger partial charge in [-0.1, -0.05) is 32.3 Å². The number of pyridine rings is 1. The van der Waals surface area contributed by atoms with Crippen LogP contribution in [-0.2, 0) is 0 Å². The van der Waals surface area contributed by atoms with E-state index in [1.165, 1.54) is 32.1 Å². The van der Waals surface area contributed by atoms with E-state index in [4.69, 9.17) is 0 Å². The largest absolute Gasteiger partial charge is 0.353 e. The first-order valence-corrected chi connectivity index (χ1v) is 7.36. The van der Waals surface area contributed by atoms with Crippen LogP contribution in [0.2, 0.25) is 0 Å². The second-order valence-electron chi connectivity index (χ2n) is 5.79. The zero-order valence-corrected chi connectivity index (χ0v) is 11.5. The highest BCUT2D eigenvalue weighted by molar-refractivity contribution is 5.42. The zero-order chi connectivity index (χ0) is 13.1. The third kappa shape index (κ3) is 3.06. The molecule has 0 radical (unpaired) electrons. The van der Waals surface area contributed by atoms with Gasteiger partial charge in [0.15, 0.2) is 5.65 Å². The molecule has 19 heavy (non-hydrogen) atoms. The molecule has 1 fully saturated rings. The normalized spacial score (nSPS) is 23.6. The summed E-state index contributed by atoms with van der Waals surface area (Å²) >= 11 is 0. The quantitative estimate of drug-likeness (QED) is 0.914. The lowest BCUT2D eigenvalue weighted by molar-refractivity contribution is 0.274. The van der Waals surface area contributed by atoms with Crippen LogP contribution >= 0.6 is 0 Å². The van der Waals surface area contributed by atoms with Crippen LogP contribution in [0, 0.1) is 11.8 Å². The topological polar surface area (TPSA) is 42.2 Å². The van der Waals surface area contributed by atoms with Crippen molar-refractivity contribution in [1.82, 2.24) is 14.6 Å². The second kappa shape index (κ2) is 5.59. The van der Waals surface area contributed by atoms with Gasteiger partial charge < -0.3 is 5.32 Å². The minimum Gasteiger partial charge on any atom is -0.353 e. The highest BCUT2D eigenvalue weighted by Crippen LogP contribution is 2.30. The fourth-order valence-corrected chi connectivity index (χ4v) is 3.12. The Morgan fingerprint density at radius 2 is 2.32 bits per heavy atom. The molecule has 0 aromatic carbocycles. The zero-order valence-electron chi connectivity index (χ0n) is 11.5. The highest BCUT2D eigenvalue weighted by atomic mass is 15.3. The standard InChI is InChI=1S/C15H22N4/c1-12-5-4-6-13(11-12)8-9-16-15-17-14-7-2-3-10-19(14)18-15/h2-3,7,10,12-13H,4-6,8-9,11H2,1H3,(H,16,18). The molecule has 2 atom stereocenters. The Morgan fingerprint density at radius 1 is 1.37 bits per heavy atom. The van der Waals surface area contributed by atoms with Crippen LogP contribution in [0.3, 0.4) is 0 Å². The predicted octanol–water partition coefficient (Wildman–Crippen LogP) is 3.36. The number of fused-ring (bicyclic) bond motifs is 1. The van der Waals surface area contributed by atoms with Gasteiger partial charge in [0.25, 0.3) is 0 Å². The average molecular weight is 258 g/mol. The summed E-state index contributed by atoms with van der Waals surface area (Å²) in [5, 5.41) is 7.76.